The van der Waals surface area contributed by atoms with Crippen molar-refractivity contribution in [3.05, 3.63) is 71.8 Å². The molecule has 1 unspecified atom stereocenters. The second kappa shape index (κ2) is 8.34. The average molecular weight is 312 g/mol. The van der Waals surface area contributed by atoms with Crippen LogP contribution in [0, 0.1) is 0 Å². The first-order valence-corrected chi connectivity index (χ1v) is 7.85. The molecule has 4 nitrogen and oxygen atoms in total. The van der Waals surface area contributed by atoms with Crippen molar-refractivity contribution in [1.29, 1.82) is 0 Å². The van der Waals surface area contributed by atoms with Crippen LogP contribution in [0.2, 0.25) is 0 Å². The third kappa shape index (κ3) is 5.11. The van der Waals surface area contributed by atoms with Crippen LogP contribution in [0.4, 0.5) is 4.79 Å². The zero-order valence-corrected chi connectivity index (χ0v) is 13.6. The van der Waals surface area contributed by atoms with Gasteiger partial charge in [0, 0.05) is 26.1 Å². The lowest BCUT2D eigenvalue weighted by molar-refractivity contribution is 0.144. The summed E-state index contributed by atoms with van der Waals surface area (Å²) in [6.07, 6.45) is -0.537. The van der Waals surface area contributed by atoms with Crippen molar-refractivity contribution >= 4 is 6.03 Å². The Bertz CT molecular complexity index is 560. The topological polar surface area (TPSA) is 52.6 Å². The number of benzene rings is 2. The van der Waals surface area contributed by atoms with E-state index in [2.05, 4.69) is 29.6 Å². The van der Waals surface area contributed by atoms with Gasteiger partial charge in [-0.3, -0.25) is 0 Å². The number of amides is 2. The van der Waals surface area contributed by atoms with E-state index < -0.39 is 6.10 Å². The zero-order valence-electron chi connectivity index (χ0n) is 13.6. The summed E-state index contributed by atoms with van der Waals surface area (Å²) in [6.45, 7) is 2.49. The van der Waals surface area contributed by atoms with Gasteiger partial charge in [0.2, 0.25) is 0 Å². The lowest BCUT2D eigenvalue weighted by Gasteiger charge is -2.23. The largest absolute Gasteiger partial charge is 0.392 e. The van der Waals surface area contributed by atoms with E-state index in [4.69, 9.17) is 0 Å². The van der Waals surface area contributed by atoms with Crippen LogP contribution >= 0.6 is 0 Å². The first-order chi connectivity index (χ1) is 11.1. The number of nitrogens with one attached hydrogen (secondary N) is 1. The second-order valence-electron chi connectivity index (χ2n) is 5.79. The molecule has 0 heterocycles. The van der Waals surface area contributed by atoms with Gasteiger partial charge in [-0.05, 0) is 18.1 Å². The zero-order chi connectivity index (χ0) is 16.7. The van der Waals surface area contributed by atoms with Gasteiger partial charge in [0.15, 0.2) is 0 Å². The normalized spacial score (nSPS) is 12.0. The van der Waals surface area contributed by atoms with Crippen molar-refractivity contribution in [1.82, 2.24) is 10.2 Å². The van der Waals surface area contributed by atoms with Crippen molar-refractivity contribution in [3.63, 3.8) is 0 Å². The molecule has 0 aliphatic rings. The maximum Gasteiger partial charge on any atom is 0.317 e. The number of aliphatic hydroxyl groups is 1. The van der Waals surface area contributed by atoms with E-state index in [9.17, 15) is 9.90 Å². The van der Waals surface area contributed by atoms with Gasteiger partial charge in [0.1, 0.15) is 0 Å². The Kier molecular flexibility index (Phi) is 6.18. The van der Waals surface area contributed by atoms with E-state index in [0.717, 1.165) is 11.1 Å². The highest BCUT2D eigenvalue weighted by Gasteiger charge is 2.17. The van der Waals surface area contributed by atoms with Crippen LogP contribution < -0.4 is 5.32 Å². The van der Waals surface area contributed by atoms with Gasteiger partial charge in [0.05, 0.1) is 6.10 Å². The molecule has 4 heteroatoms. The number of nitrogens with zero attached hydrogens (tertiary/aromatic N) is 1. The Morgan fingerprint density at radius 2 is 1.52 bits per heavy atom. The Labute approximate surface area is 137 Å². The van der Waals surface area contributed by atoms with Crippen LogP contribution in [-0.2, 0) is 0 Å². The van der Waals surface area contributed by atoms with Gasteiger partial charge in [-0.15, -0.1) is 0 Å². The molecule has 1 atom stereocenters. The fourth-order valence-electron chi connectivity index (χ4n) is 2.60. The van der Waals surface area contributed by atoms with Crippen molar-refractivity contribution in [2.75, 3.05) is 20.1 Å². The van der Waals surface area contributed by atoms with Gasteiger partial charge in [-0.2, -0.15) is 0 Å². The maximum absolute atomic E-state index is 12.1. The lowest BCUT2D eigenvalue weighted by atomic mass is 9.91. The number of urea groups is 1. The Balaban J connectivity index is 2.09. The molecule has 0 bridgehead atoms. The summed E-state index contributed by atoms with van der Waals surface area (Å²) < 4.78 is 0. The highest BCUT2D eigenvalue weighted by molar-refractivity contribution is 5.74. The first-order valence-electron chi connectivity index (χ1n) is 7.85. The van der Waals surface area contributed by atoms with Crippen molar-refractivity contribution in [2.24, 2.45) is 0 Å². The Morgan fingerprint density at radius 1 is 1.04 bits per heavy atom. The number of hydrogen-bond donors (Lipinski definition) is 2. The van der Waals surface area contributed by atoms with E-state index in [0.29, 0.717) is 13.1 Å². The predicted molar refractivity (Wildman–Crippen MR) is 92.4 cm³/mol. The number of rotatable bonds is 6. The summed E-state index contributed by atoms with van der Waals surface area (Å²) >= 11 is 0. The molecule has 2 amide bonds. The third-order valence-corrected chi connectivity index (χ3v) is 3.75. The SMILES string of the molecule is CC(O)CN(C)C(=O)NCC(c1ccccc1)c1ccccc1. The van der Waals surface area contributed by atoms with Crippen LogP contribution in [0.1, 0.15) is 24.0 Å². The molecule has 0 aromatic heterocycles. The second-order valence-corrected chi connectivity index (χ2v) is 5.79. The van der Waals surface area contributed by atoms with Crippen molar-refractivity contribution < 1.29 is 9.90 Å². The quantitative estimate of drug-likeness (QED) is 0.862. The highest BCUT2D eigenvalue weighted by atomic mass is 16.3. The maximum atomic E-state index is 12.1. The van der Waals surface area contributed by atoms with Gasteiger partial charge in [-0.25, -0.2) is 4.79 Å². The molecule has 0 aliphatic heterocycles. The Morgan fingerprint density at radius 3 is 1.96 bits per heavy atom. The third-order valence-electron chi connectivity index (χ3n) is 3.75. The molecule has 0 aliphatic carbocycles. The highest BCUT2D eigenvalue weighted by Crippen LogP contribution is 2.23. The summed E-state index contributed by atoms with van der Waals surface area (Å²) in [7, 11) is 1.68. The number of hydrogen-bond acceptors (Lipinski definition) is 2. The molecular formula is C19H24N2O2. The minimum atomic E-state index is -0.537. The number of carbonyl (C=O) groups excluding carboxylic acids is 1. The van der Waals surface area contributed by atoms with E-state index in [1.807, 2.05) is 36.4 Å². The fraction of sp³-hybridized carbons (Fsp3) is 0.316. The summed E-state index contributed by atoms with van der Waals surface area (Å²) in [5, 5.41) is 12.3. The smallest absolute Gasteiger partial charge is 0.317 e. The molecule has 0 fully saturated rings. The average Bonchev–Trinajstić information content (AvgIpc) is 2.56. The molecule has 0 radical (unpaired) electrons. The van der Waals surface area contributed by atoms with Gasteiger partial charge in [0.25, 0.3) is 0 Å². The van der Waals surface area contributed by atoms with Crippen LogP contribution in [-0.4, -0.2) is 42.3 Å². The number of likely N-dealkylation sites (N-methyl/N-ethyl adjacent to an activating group) is 1. The van der Waals surface area contributed by atoms with E-state index >= 15 is 0 Å². The van der Waals surface area contributed by atoms with E-state index in [1.165, 1.54) is 4.90 Å². The molecule has 0 saturated carbocycles. The monoisotopic (exact) mass is 312 g/mol. The molecule has 2 rings (SSSR count). The molecule has 0 spiro atoms. The molecule has 2 aromatic carbocycles. The predicted octanol–water partition coefficient (Wildman–Crippen LogP) is 2.84. The number of carbonyl (C=O) groups is 1. The number of aliphatic hydroxyl groups excluding tert-OH is 1. The molecule has 2 N–H and O–H groups in total. The Hall–Kier alpha value is -2.33. The molecule has 0 saturated heterocycles. The molecular weight excluding hydrogens is 288 g/mol. The first kappa shape index (κ1) is 17.0. The van der Waals surface area contributed by atoms with Crippen molar-refractivity contribution in [3.8, 4) is 0 Å². The van der Waals surface area contributed by atoms with Gasteiger partial charge >= 0.3 is 6.03 Å². The van der Waals surface area contributed by atoms with Crippen LogP contribution in [0.5, 0.6) is 0 Å². The molecule has 23 heavy (non-hydrogen) atoms. The molecule has 122 valence electrons. The van der Waals surface area contributed by atoms with Crippen LogP contribution in [0.3, 0.4) is 0 Å². The minimum Gasteiger partial charge on any atom is -0.392 e. The van der Waals surface area contributed by atoms with Crippen molar-refractivity contribution in [2.45, 2.75) is 18.9 Å². The lowest BCUT2D eigenvalue weighted by Crippen LogP contribution is -2.42. The van der Waals surface area contributed by atoms with E-state index in [1.54, 1.807) is 14.0 Å². The minimum absolute atomic E-state index is 0.0984. The van der Waals surface area contributed by atoms with Gasteiger partial charge in [-0.1, -0.05) is 60.7 Å². The fourth-order valence-corrected chi connectivity index (χ4v) is 2.60. The van der Waals surface area contributed by atoms with E-state index in [-0.39, 0.29) is 11.9 Å². The van der Waals surface area contributed by atoms with Gasteiger partial charge < -0.3 is 15.3 Å². The van der Waals surface area contributed by atoms with Crippen LogP contribution in [0.25, 0.3) is 0 Å². The summed E-state index contributed by atoms with van der Waals surface area (Å²) in [5.41, 5.74) is 2.33. The summed E-state index contributed by atoms with van der Waals surface area (Å²) in [6, 6.07) is 20.1. The summed E-state index contributed by atoms with van der Waals surface area (Å²) in [5.74, 6) is 0.0984. The van der Waals surface area contributed by atoms with Crippen LogP contribution in [0.15, 0.2) is 60.7 Å². The molecule has 2 aromatic rings. The summed E-state index contributed by atoms with van der Waals surface area (Å²) in [4.78, 5) is 13.6. The standard InChI is InChI=1S/C19H24N2O2/c1-15(22)14-21(2)19(23)20-13-18(16-9-5-3-6-10-16)17-11-7-4-8-12-17/h3-12,15,18,22H,13-14H2,1-2H3,(H,20,23).